The molecule has 2 rings (SSSR count). The molecule has 0 bridgehead atoms. The summed E-state index contributed by atoms with van der Waals surface area (Å²) in [5, 5.41) is 3.20. The first-order valence-corrected chi connectivity index (χ1v) is 4.81. The van der Waals surface area contributed by atoms with Crippen molar-refractivity contribution in [3.05, 3.63) is 59.8 Å². The zero-order valence-corrected chi connectivity index (χ0v) is 8.24. The van der Waals surface area contributed by atoms with E-state index in [1.807, 2.05) is 12.1 Å². The molecule has 0 unspecified atom stereocenters. The molecule has 0 spiro atoms. The highest BCUT2D eigenvalue weighted by Crippen LogP contribution is 2.04. The maximum absolute atomic E-state index is 12.8. The molecule has 0 aliphatic carbocycles. The molecule has 1 aromatic carbocycles. The van der Waals surface area contributed by atoms with E-state index in [4.69, 9.17) is 4.42 Å². The second kappa shape index (κ2) is 4.75. The van der Waals surface area contributed by atoms with Gasteiger partial charge in [0.2, 0.25) is 0 Å². The van der Waals surface area contributed by atoms with E-state index in [0.29, 0.717) is 6.54 Å². The molecule has 0 saturated heterocycles. The molecule has 1 N–H and O–H groups in total. The van der Waals surface area contributed by atoms with Gasteiger partial charge in [-0.15, -0.1) is 0 Å². The summed E-state index contributed by atoms with van der Waals surface area (Å²) in [5.41, 5.74) is 2.03. The zero-order valence-electron chi connectivity index (χ0n) is 8.24. The van der Waals surface area contributed by atoms with Gasteiger partial charge in [-0.25, -0.2) is 4.39 Å². The summed E-state index contributed by atoms with van der Waals surface area (Å²) in [4.78, 5) is 0. The van der Waals surface area contributed by atoms with Crippen molar-refractivity contribution in [1.82, 2.24) is 5.32 Å². The normalized spacial score (nSPS) is 10.5. The van der Waals surface area contributed by atoms with Gasteiger partial charge in [-0.05, 0) is 23.8 Å². The maximum atomic E-state index is 12.8. The molecule has 0 aliphatic heterocycles. The average molecular weight is 205 g/mol. The van der Waals surface area contributed by atoms with Gasteiger partial charge < -0.3 is 9.73 Å². The Hall–Kier alpha value is -1.61. The Morgan fingerprint density at radius 3 is 2.73 bits per heavy atom. The predicted molar refractivity (Wildman–Crippen MR) is 55.7 cm³/mol. The molecule has 0 fully saturated rings. The minimum Gasteiger partial charge on any atom is -0.472 e. The van der Waals surface area contributed by atoms with Gasteiger partial charge >= 0.3 is 0 Å². The number of furan rings is 1. The van der Waals surface area contributed by atoms with E-state index in [-0.39, 0.29) is 5.82 Å². The fourth-order valence-electron chi connectivity index (χ4n) is 1.39. The molecule has 3 heteroatoms. The number of nitrogens with one attached hydrogen (secondary N) is 1. The lowest BCUT2D eigenvalue weighted by Crippen LogP contribution is -2.12. The van der Waals surface area contributed by atoms with E-state index in [9.17, 15) is 4.39 Å². The highest BCUT2D eigenvalue weighted by Gasteiger charge is 1.96. The molecule has 15 heavy (non-hydrogen) atoms. The number of benzene rings is 1. The van der Waals surface area contributed by atoms with Crippen LogP contribution in [0, 0.1) is 5.82 Å². The lowest BCUT2D eigenvalue weighted by atomic mass is 10.2. The highest BCUT2D eigenvalue weighted by molar-refractivity contribution is 5.16. The molecule has 1 aromatic heterocycles. The third-order valence-corrected chi connectivity index (χ3v) is 2.13. The van der Waals surface area contributed by atoms with Crippen LogP contribution in [0.5, 0.6) is 0 Å². The first-order chi connectivity index (χ1) is 7.34. The van der Waals surface area contributed by atoms with Gasteiger partial charge in [0.05, 0.1) is 12.5 Å². The van der Waals surface area contributed by atoms with Gasteiger partial charge in [-0.1, -0.05) is 12.1 Å². The second-order valence-corrected chi connectivity index (χ2v) is 3.37. The van der Waals surface area contributed by atoms with Crippen molar-refractivity contribution in [2.75, 3.05) is 0 Å². The molecule has 0 aliphatic rings. The van der Waals surface area contributed by atoms with Gasteiger partial charge in [0.1, 0.15) is 5.82 Å². The molecule has 0 radical (unpaired) electrons. The Balaban J connectivity index is 1.83. The standard InChI is InChI=1S/C12H12FNO/c13-12-3-1-2-10(6-12)7-14-8-11-4-5-15-9-11/h1-6,9,14H,7-8H2. The van der Waals surface area contributed by atoms with E-state index < -0.39 is 0 Å². The molecule has 0 saturated carbocycles. The molecular formula is C12H12FNO. The predicted octanol–water partition coefficient (Wildman–Crippen LogP) is 2.71. The Bertz CT molecular complexity index is 411. The SMILES string of the molecule is Fc1cccc(CNCc2ccoc2)c1. The largest absolute Gasteiger partial charge is 0.472 e. The number of halogens is 1. The number of hydrogen-bond acceptors (Lipinski definition) is 2. The Morgan fingerprint density at radius 1 is 1.13 bits per heavy atom. The molecule has 78 valence electrons. The van der Waals surface area contributed by atoms with Gasteiger partial charge in [-0.3, -0.25) is 0 Å². The summed E-state index contributed by atoms with van der Waals surface area (Å²) in [6, 6.07) is 8.48. The minimum atomic E-state index is -0.197. The Labute approximate surface area is 87.7 Å². The molecule has 0 atom stereocenters. The number of rotatable bonds is 4. The lowest BCUT2D eigenvalue weighted by molar-refractivity contribution is 0.560. The summed E-state index contributed by atoms with van der Waals surface area (Å²) in [6.45, 7) is 1.38. The zero-order chi connectivity index (χ0) is 10.5. The summed E-state index contributed by atoms with van der Waals surface area (Å²) in [6.07, 6.45) is 3.33. The van der Waals surface area contributed by atoms with Crippen LogP contribution in [0.15, 0.2) is 47.3 Å². The molecule has 1 heterocycles. The van der Waals surface area contributed by atoms with Gasteiger partial charge in [-0.2, -0.15) is 0 Å². The molecule has 2 aromatic rings. The van der Waals surface area contributed by atoms with Crippen molar-refractivity contribution in [1.29, 1.82) is 0 Å². The third kappa shape index (κ3) is 2.92. The van der Waals surface area contributed by atoms with Crippen molar-refractivity contribution in [2.24, 2.45) is 0 Å². The summed E-state index contributed by atoms with van der Waals surface area (Å²) >= 11 is 0. The molecular weight excluding hydrogens is 193 g/mol. The van der Waals surface area contributed by atoms with Crippen LogP contribution in [0.4, 0.5) is 4.39 Å². The van der Waals surface area contributed by atoms with E-state index in [1.54, 1.807) is 18.6 Å². The lowest BCUT2D eigenvalue weighted by Gasteiger charge is -2.02. The van der Waals surface area contributed by atoms with E-state index >= 15 is 0 Å². The van der Waals surface area contributed by atoms with Crippen LogP contribution < -0.4 is 5.32 Å². The van der Waals surface area contributed by atoms with Crippen molar-refractivity contribution < 1.29 is 8.81 Å². The number of hydrogen-bond donors (Lipinski definition) is 1. The highest BCUT2D eigenvalue weighted by atomic mass is 19.1. The van der Waals surface area contributed by atoms with Crippen LogP contribution >= 0.6 is 0 Å². The first kappa shape index (κ1) is 9.93. The molecule has 2 nitrogen and oxygen atoms in total. The quantitative estimate of drug-likeness (QED) is 0.830. The van der Waals surface area contributed by atoms with Gasteiger partial charge in [0.15, 0.2) is 0 Å². The van der Waals surface area contributed by atoms with Gasteiger partial charge in [0, 0.05) is 18.7 Å². The second-order valence-electron chi connectivity index (χ2n) is 3.37. The summed E-state index contributed by atoms with van der Waals surface area (Å²) in [7, 11) is 0. The van der Waals surface area contributed by atoms with Crippen LogP contribution in [0.3, 0.4) is 0 Å². The van der Waals surface area contributed by atoms with E-state index in [0.717, 1.165) is 17.7 Å². The fourth-order valence-corrected chi connectivity index (χ4v) is 1.39. The fraction of sp³-hybridized carbons (Fsp3) is 0.167. The smallest absolute Gasteiger partial charge is 0.123 e. The van der Waals surface area contributed by atoms with Crippen LogP contribution in [0.2, 0.25) is 0 Å². The summed E-state index contributed by atoms with van der Waals surface area (Å²) < 4.78 is 17.8. The minimum absolute atomic E-state index is 0.197. The van der Waals surface area contributed by atoms with Crippen molar-refractivity contribution in [2.45, 2.75) is 13.1 Å². The third-order valence-electron chi connectivity index (χ3n) is 2.13. The van der Waals surface area contributed by atoms with E-state index in [2.05, 4.69) is 5.32 Å². The maximum Gasteiger partial charge on any atom is 0.123 e. The van der Waals surface area contributed by atoms with Crippen molar-refractivity contribution in [3.63, 3.8) is 0 Å². The van der Waals surface area contributed by atoms with Crippen LogP contribution in [0.25, 0.3) is 0 Å². The monoisotopic (exact) mass is 205 g/mol. The first-order valence-electron chi connectivity index (χ1n) is 4.81. The summed E-state index contributed by atoms with van der Waals surface area (Å²) in [5.74, 6) is -0.197. The Morgan fingerprint density at radius 2 is 2.00 bits per heavy atom. The van der Waals surface area contributed by atoms with Crippen LogP contribution in [-0.2, 0) is 13.1 Å². The van der Waals surface area contributed by atoms with Gasteiger partial charge in [0.25, 0.3) is 0 Å². The van der Waals surface area contributed by atoms with Crippen molar-refractivity contribution >= 4 is 0 Å². The topological polar surface area (TPSA) is 25.2 Å². The Kier molecular flexibility index (Phi) is 3.15. The van der Waals surface area contributed by atoms with Crippen LogP contribution in [-0.4, -0.2) is 0 Å². The van der Waals surface area contributed by atoms with E-state index in [1.165, 1.54) is 12.1 Å². The molecule has 0 amide bonds. The van der Waals surface area contributed by atoms with Crippen LogP contribution in [0.1, 0.15) is 11.1 Å². The average Bonchev–Trinajstić information content (AvgIpc) is 2.71. The van der Waals surface area contributed by atoms with Crippen molar-refractivity contribution in [3.8, 4) is 0 Å².